The number of methoxy groups -OCH3 is 2. The first-order chi connectivity index (χ1) is 13.8. The van der Waals surface area contributed by atoms with Gasteiger partial charge in [-0.15, -0.1) is 22.9 Å². The van der Waals surface area contributed by atoms with Crippen LogP contribution < -0.4 is 0 Å². The van der Waals surface area contributed by atoms with Crippen LogP contribution in [0, 0.1) is 28.8 Å². The van der Waals surface area contributed by atoms with E-state index >= 15 is 0 Å². The van der Waals surface area contributed by atoms with Gasteiger partial charge in [0.15, 0.2) is 5.79 Å². The number of carbonyl (C=O) groups excluding carboxylic acids is 2. The number of carbonyl (C=O) groups is 2. The Kier molecular flexibility index (Phi) is 9.57. The lowest BCUT2D eigenvalue weighted by molar-refractivity contribution is -0.147. The van der Waals surface area contributed by atoms with Gasteiger partial charge in [-0.05, 0) is 6.08 Å². The zero-order valence-corrected chi connectivity index (χ0v) is 21.4. The van der Waals surface area contributed by atoms with E-state index in [1.165, 1.54) is 20.3 Å². The molecule has 0 bridgehead atoms. The molecule has 0 N–H and O–H groups in total. The average molecular weight is 451 g/mol. The van der Waals surface area contributed by atoms with Crippen LogP contribution in [-0.2, 0) is 28.5 Å². The van der Waals surface area contributed by atoms with Gasteiger partial charge in [-0.25, -0.2) is 9.59 Å². The van der Waals surface area contributed by atoms with Crippen LogP contribution in [0.3, 0.4) is 0 Å². The van der Waals surface area contributed by atoms with Crippen molar-refractivity contribution in [2.75, 3.05) is 27.4 Å². The van der Waals surface area contributed by atoms with E-state index in [-0.39, 0.29) is 11.5 Å². The second-order valence-electron chi connectivity index (χ2n) is 9.23. The van der Waals surface area contributed by atoms with Crippen molar-refractivity contribution in [1.29, 1.82) is 0 Å². The predicted octanol–water partition coefficient (Wildman–Crippen LogP) is 3.16. The first kappa shape index (κ1) is 26.2. The molecule has 1 aliphatic rings. The fraction of sp³-hybridized carbons (Fsp3) is 0.636. The van der Waals surface area contributed by atoms with Crippen LogP contribution in [0.25, 0.3) is 0 Å². The molecule has 0 saturated carbocycles. The Morgan fingerprint density at radius 3 is 1.90 bits per heavy atom. The molecular formula is C22H34O6Si2. The molecule has 8 heteroatoms. The Bertz CT molecular complexity index is 757. The molecule has 1 atom stereocenters. The zero-order valence-electron chi connectivity index (χ0n) is 19.4. The van der Waals surface area contributed by atoms with E-state index in [9.17, 15) is 9.59 Å². The molecule has 0 aromatic heterocycles. The highest BCUT2D eigenvalue weighted by molar-refractivity contribution is 6.84. The maximum absolute atomic E-state index is 12.1. The van der Waals surface area contributed by atoms with E-state index < -0.39 is 33.9 Å². The summed E-state index contributed by atoms with van der Waals surface area (Å²) >= 11 is 0. The Hall–Kier alpha value is -1.85. The Morgan fingerprint density at radius 2 is 1.47 bits per heavy atom. The summed E-state index contributed by atoms with van der Waals surface area (Å²) in [6.07, 6.45) is 2.28. The molecule has 1 rings (SSSR count). The maximum atomic E-state index is 12.1. The largest absolute Gasteiger partial charge is 0.465 e. The van der Waals surface area contributed by atoms with Crippen LogP contribution in [0.4, 0.5) is 0 Å². The van der Waals surface area contributed by atoms with Gasteiger partial charge in [-0.3, -0.25) is 0 Å². The summed E-state index contributed by atoms with van der Waals surface area (Å²) in [6.45, 7) is 13.8. The Labute approximate surface area is 182 Å². The minimum atomic E-state index is -1.60. The lowest BCUT2D eigenvalue weighted by Crippen LogP contribution is -2.33. The van der Waals surface area contributed by atoms with Crippen molar-refractivity contribution in [3.63, 3.8) is 0 Å². The van der Waals surface area contributed by atoms with E-state index in [1.54, 1.807) is 0 Å². The van der Waals surface area contributed by atoms with Crippen LogP contribution in [0.15, 0.2) is 11.6 Å². The molecule has 0 radical (unpaired) electrons. The van der Waals surface area contributed by atoms with Crippen molar-refractivity contribution in [2.45, 2.75) is 57.9 Å². The van der Waals surface area contributed by atoms with Gasteiger partial charge in [0.2, 0.25) is 0 Å². The smallest absolute Gasteiger partial charge is 0.345 e. The second-order valence-corrected chi connectivity index (χ2v) is 18.7. The van der Waals surface area contributed by atoms with Gasteiger partial charge in [0, 0.05) is 18.8 Å². The molecule has 1 saturated heterocycles. The van der Waals surface area contributed by atoms with Gasteiger partial charge < -0.3 is 18.9 Å². The lowest BCUT2D eigenvalue weighted by atomic mass is 9.95. The third-order valence-electron chi connectivity index (χ3n) is 3.95. The van der Waals surface area contributed by atoms with Gasteiger partial charge in [0.05, 0.1) is 27.4 Å². The maximum Gasteiger partial charge on any atom is 0.345 e. The highest BCUT2D eigenvalue weighted by Crippen LogP contribution is 2.32. The normalized spacial score (nSPS) is 16.3. The molecular weight excluding hydrogens is 416 g/mol. The van der Waals surface area contributed by atoms with Gasteiger partial charge >= 0.3 is 11.9 Å². The summed E-state index contributed by atoms with van der Waals surface area (Å²) in [6, 6.07) is 0. The van der Waals surface area contributed by atoms with Crippen LogP contribution >= 0.6 is 0 Å². The highest BCUT2D eigenvalue weighted by Gasteiger charge is 2.39. The molecule has 0 aromatic carbocycles. The summed E-state index contributed by atoms with van der Waals surface area (Å²) in [5, 5.41) is 0. The van der Waals surface area contributed by atoms with Gasteiger partial charge in [0.25, 0.3) is 0 Å². The van der Waals surface area contributed by atoms with E-state index in [0.717, 1.165) is 0 Å². The number of ether oxygens (including phenoxy) is 4. The summed E-state index contributed by atoms with van der Waals surface area (Å²) in [4.78, 5) is 24.3. The number of hydrogen-bond donors (Lipinski definition) is 0. The van der Waals surface area contributed by atoms with Crippen molar-refractivity contribution < 1.29 is 28.5 Å². The Balaban J connectivity index is 3.31. The van der Waals surface area contributed by atoms with Crippen molar-refractivity contribution in [1.82, 2.24) is 0 Å². The first-order valence-electron chi connectivity index (χ1n) is 10.0. The number of esters is 2. The third-order valence-corrected chi connectivity index (χ3v) is 5.77. The van der Waals surface area contributed by atoms with Crippen LogP contribution in [-0.4, -0.2) is 61.3 Å². The quantitative estimate of drug-likeness (QED) is 0.155. The number of rotatable bonds is 6. The van der Waals surface area contributed by atoms with Crippen LogP contribution in [0.2, 0.25) is 39.3 Å². The van der Waals surface area contributed by atoms with Gasteiger partial charge in [0.1, 0.15) is 21.7 Å². The SMILES string of the molecule is COC(=O)C(=CC1(CC(C#C[Si](C)(C)C)CC#C[Si](C)(C)C)OCCO1)C(=O)OC. The minimum Gasteiger partial charge on any atom is -0.465 e. The molecule has 0 amide bonds. The first-order valence-corrected chi connectivity index (χ1v) is 17.0. The van der Waals surface area contributed by atoms with E-state index in [1.807, 2.05) is 0 Å². The third kappa shape index (κ3) is 9.31. The van der Waals surface area contributed by atoms with Crippen molar-refractivity contribution in [3.8, 4) is 22.9 Å². The zero-order chi connectivity index (χ0) is 23.0. The van der Waals surface area contributed by atoms with E-state index in [2.05, 4.69) is 62.2 Å². The average Bonchev–Trinajstić information content (AvgIpc) is 3.09. The molecule has 0 spiro atoms. The van der Waals surface area contributed by atoms with Crippen LogP contribution in [0.5, 0.6) is 0 Å². The molecule has 0 aliphatic carbocycles. The summed E-state index contributed by atoms with van der Waals surface area (Å²) in [5.74, 6) is 3.65. The molecule has 6 nitrogen and oxygen atoms in total. The molecule has 30 heavy (non-hydrogen) atoms. The van der Waals surface area contributed by atoms with Crippen molar-refractivity contribution in [2.24, 2.45) is 5.92 Å². The van der Waals surface area contributed by atoms with E-state index in [4.69, 9.17) is 18.9 Å². The second kappa shape index (κ2) is 11.0. The van der Waals surface area contributed by atoms with Gasteiger partial charge in [-0.1, -0.05) is 39.3 Å². The monoisotopic (exact) mass is 450 g/mol. The lowest BCUT2D eigenvalue weighted by Gasteiger charge is -2.27. The predicted molar refractivity (Wildman–Crippen MR) is 122 cm³/mol. The molecule has 1 aliphatic heterocycles. The molecule has 1 heterocycles. The summed E-state index contributed by atoms with van der Waals surface area (Å²) in [7, 11) is -0.702. The van der Waals surface area contributed by atoms with Crippen molar-refractivity contribution in [3.05, 3.63) is 11.6 Å². The highest BCUT2D eigenvalue weighted by atomic mass is 28.3. The number of hydrogen-bond acceptors (Lipinski definition) is 6. The molecule has 0 aromatic rings. The molecule has 166 valence electrons. The van der Waals surface area contributed by atoms with Crippen molar-refractivity contribution >= 4 is 28.1 Å². The molecule has 1 unspecified atom stereocenters. The van der Waals surface area contributed by atoms with Gasteiger partial charge in [-0.2, -0.15) is 0 Å². The fourth-order valence-electron chi connectivity index (χ4n) is 2.65. The minimum absolute atomic E-state index is 0.133. The standard InChI is InChI=1S/C22H34O6Si2/c1-25-20(23)19(21(24)26-2)17-22(27-12-13-28-22)16-18(11-15-30(6,7)8)10-9-14-29(3,4)5/h17-18H,10,12-13,16H2,1-8H3. The van der Waals surface area contributed by atoms with E-state index in [0.29, 0.717) is 26.1 Å². The topological polar surface area (TPSA) is 71.1 Å². The van der Waals surface area contributed by atoms with Crippen LogP contribution in [0.1, 0.15) is 12.8 Å². The fourth-order valence-corrected chi connectivity index (χ4v) is 3.92. The summed E-state index contributed by atoms with van der Waals surface area (Å²) in [5.41, 5.74) is 6.51. The molecule has 1 fully saturated rings. The summed E-state index contributed by atoms with van der Waals surface area (Å²) < 4.78 is 21.2. The Morgan fingerprint density at radius 1 is 0.967 bits per heavy atom.